The number of hydrogen-bond acceptors (Lipinski definition) is 4. The van der Waals surface area contributed by atoms with Crippen molar-refractivity contribution in [3.63, 3.8) is 0 Å². The van der Waals surface area contributed by atoms with E-state index in [4.69, 9.17) is 23.8 Å². The Balaban J connectivity index is 1.71. The van der Waals surface area contributed by atoms with Crippen LogP contribution in [0, 0.1) is 3.95 Å². The molecule has 5 nitrogen and oxygen atoms in total. The molecule has 0 atom stereocenters. The molecular weight excluding hydrogens is 474 g/mol. The average Bonchev–Trinajstić information content (AvgIpc) is 3.19. The van der Waals surface area contributed by atoms with Crippen molar-refractivity contribution in [2.75, 3.05) is 7.05 Å². The molecule has 2 aromatic heterocycles. The van der Waals surface area contributed by atoms with E-state index in [2.05, 4.69) is 0 Å². The summed E-state index contributed by atoms with van der Waals surface area (Å²) >= 11 is 13.3. The molecule has 33 heavy (non-hydrogen) atoms. The van der Waals surface area contributed by atoms with Gasteiger partial charge in [-0.3, -0.25) is 18.6 Å². The molecule has 0 bridgehead atoms. The highest BCUT2D eigenvalue weighted by atomic mass is 35.5. The Bertz CT molecular complexity index is 1460. The summed E-state index contributed by atoms with van der Waals surface area (Å²) in [6, 6.07) is 15.1. The Morgan fingerprint density at radius 3 is 2.55 bits per heavy atom. The number of fused-ring (bicyclic) bond motifs is 3. The van der Waals surface area contributed by atoms with Gasteiger partial charge in [0.15, 0.2) is 3.95 Å². The highest BCUT2D eigenvalue weighted by molar-refractivity contribution is 7.73. The Morgan fingerprint density at radius 2 is 1.82 bits per heavy atom. The molecule has 8 heteroatoms. The Labute approximate surface area is 205 Å². The van der Waals surface area contributed by atoms with Crippen LogP contribution in [0.3, 0.4) is 0 Å². The van der Waals surface area contributed by atoms with Gasteiger partial charge in [0.25, 0.3) is 5.56 Å². The molecule has 1 aliphatic carbocycles. The molecule has 0 unspecified atom stereocenters. The lowest BCUT2D eigenvalue weighted by molar-refractivity contribution is -0.133. The van der Waals surface area contributed by atoms with Gasteiger partial charge in [0, 0.05) is 18.1 Å². The highest BCUT2D eigenvalue weighted by Crippen LogP contribution is 2.34. The van der Waals surface area contributed by atoms with E-state index in [1.165, 1.54) is 17.8 Å². The van der Waals surface area contributed by atoms with Crippen molar-refractivity contribution in [3.05, 3.63) is 67.9 Å². The van der Waals surface area contributed by atoms with Crippen LogP contribution < -0.4 is 5.56 Å². The van der Waals surface area contributed by atoms with E-state index in [1.54, 1.807) is 10.6 Å². The third-order valence-electron chi connectivity index (χ3n) is 6.58. The lowest BCUT2D eigenvalue weighted by atomic mass is 9.94. The number of nitrogens with zero attached hydrogens (tertiary/aromatic N) is 3. The van der Waals surface area contributed by atoms with E-state index in [0.29, 0.717) is 20.0 Å². The Hall–Kier alpha value is -2.48. The van der Waals surface area contributed by atoms with Gasteiger partial charge in [-0.15, -0.1) is 11.3 Å². The minimum absolute atomic E-state index is 0.0216. The predicted molar refractivity (Wildman–Crippen MR) is 138 cm³/mol. The molecule has 0 radical (unpaired) electrons. The van der Waals surface area contributed by atoms with Gasteiger partial charge >= 0.3 is 0 Å². The number of para-hydroxylation sites is 1. The summed E-state index contributed by atoms with van der Waals surface area (Å²) < 4.78 is 4.16. The molecule has 0 aliphatic heterocycles. The standard InChI is InChI=1S/C25H24ClN3O2S2/c1-27(18-7-3-2-4-8-18)21(30)15-28-23-22(16-11-13-17(26)14-12-16)33-25(32)29(23)20-10-6-5-9-19(20)24(28)31/h5-6,9-14,18H,2-4,7-8,15H2,1H3. The molecule has 1 aliphatic rings. The first-order chi connectivity index (χ1) is 16.0. The van der Waals surface area contributed by atoms with Crippen molar-refractivity contribution in [1.29, 1.82) is 0 Å². The van der Waals surface area contributed by atoms with E-state index in [-0.39, 0.29) is 24.1 Å². The third kappa shape index (κ3) is 4.03. The molecule has 1 saturated carbocycles. The Morgan fingerprint density at radius 1 is 1.12 bits per heavy atom. The number of amides is 1. The zero-order valence-electron chi connectivity index (χ0n) is 18.3. The van der Waals surface area contributed by atoms with Gasteiger partial charge in [-0.25, -0.2) is 0 Å². The molecule has 2 heterocycles. The van der Waals surface area contributed by atoms with Crippen molar-refractivity contribution in [1.82, 2.24) is 13.9 Å². The second-order valence-electron chi connectivity index (χ2n) is 8.57. The first kappa shape index (κ1) is 22.3. The van der Waals surface area contributed by atoms with Crippen LogP contribution in [0.1, 0.15) is 32.1 Å². The largest absolute Gasteiger partial charge is 0.341 e. The van der Waals surface area contributed by atoms with E-state index < -0.39 is 0 Å². The van der Waals surface area contributed by atoms with E-state index in [0.717, 1.165) is 41.6 Å². The van der Waals surface area contributed by atoms with Crippen LogP contribution in [0.4, 0.5) is 0 Å². The van der Waals surface area contributed by atoms with Crippen molar-refractivity contribution in [3.8, 4) is 10.4 Å². The van der Waals surface area contributed by atoms with Gasteiger partial charge in [0.05, 0.1) is 15.8 Å². The number of benzene rings is 2. The average molecular weight is 498 g/mol. The summed E-state index contributed by atoms with van der Waals surface area (Å²) in [5.41, 5.74) is 2.14. The molecule has 2 aromatic carbocycles. The lowest BCUT2D eigenvalue weighted by Crippen LogP contribution is -2.41. The van der Waals surface area contributed by atoms with Crippen LogP contribution in [-0.2, 0) is 11.3 Å². The fourth-order valence-electron chi connectivity index (χ4n) is 4.77. The summed E-state index contributed by atoms with van der Waals surface area (Å²) in [6.07, 6.45) is 5.54. The maximum absolute atomic E-state index is 13.7. The number of likely N-dealkylation sites (N-methyl/N-ethyl adjacent to an activating group) is 1. The second kappa shape index (κ2) is 9.05. The first-order valence-corrected chi connectivity index (χ1v) is 12.7. The van der Waals surface area contributed by atoms with Crippen LogP contribution in [0.15, 0.2) is 53.3 Å². The third-order valence-corrected chi connectivity index (χ3v) is 8.24. The van der Waals surface area contributed by atoms with Gasteiger partial charge in [0.1, 0.15) is 12.2 Å². The van der Waals surface area contributed by atoms with E-state index in [1.807, 2.05) is 58.8 Å². The van der Waals surface area contributed by atoms with Crippen LogP contribution in [0.5, 0.6) is 0 Å². The topological polar surface area (TPSA) is 46.7 Å². The molecule has 0 spiro atoms. The molecule has 1 fully saturated rings. The molecule has 5 rings (SSSR count). The summed E-state index contributed by atoms with van der Waals surface area (Å²) in [4.78, 5) is 29.7. The molecular formula is C25H24ClN3O2S2. The van der Waals surface area contributed by atoms with Gasteiger partial charge < -0.3 is 4.90 Å². The minimum atomic E-state index is -0.181. The van der Waals surface area contributed by atoms with Gasteiger partial charge in [-0.2, -0.15) is 0 Å². The molecule has 0 saturated heterocycles. The monoisotopic (exact) mass is 497 g/mol. The summed E-state index contributed by atoms with van der Waals surface area (Å²) in [5, 5.41) is 1.19. The smallest absolute Gasteiger partial charge is 0.262 e. The summed E-state index contributed by atoms with van der Waals surface area (Å²) in [5.74, 6) is -0.0552. The predicted octanol–water partition coefficient (Wildman–Crippen LogP) is 6.16. The summed E-state index contributed by atoms with van der Waals surface area (Å²) in [7, 11) is 1.86. The molecule has 0 N–H and O–H groups in total. The highest BCUT2D eigenvalue weighted by Gasteiger charge is 2.25. The SMILES string of the molecule is CN(C(=O)Cn1c(=O)c2ccccc2n2c(=S)sc(-c3ccc(Cl)cc3)c12)C1CCCCC1. The normalized spacial score (nSPS) is 14.7. The fraction of sp³-hybridized carbons (Fsp3) is 0.320. The number of thiazole rings is 1. The number of carbonyl (C=O) groups excluding carboxylic acids is 1. The maximum Gasteiger partial charge on any atom is 0.262 e. The van der Waals surface area contributed by atoms with Gasteiger partial charge in [-0.05, 0) is 54.9 Å². The van der Waals surface area contributed by atoms with Crippen molar-refractivity contribution < 1.29 is 4.79 Å². The fourth-order valence-corrected chi connectivity index (χ4v) is 6.33. The molecule has 170 valence electrons. The van der Waals surface area contributed by atoms with Gasteiger partial charge in [0.2, 0.25) is 5.91 Å². The zero-order valence-corrected chi connectivity index (χ0v) is 20.7. The van der Waals surface area contributed by atoms with Crippen LogP contribution >= 0.6 is 35.2 Å². The van der Waals surface area contributed by atoms with Gasteiger partial charge in [-0.1, -0.05) is 55.1 Å². The van der Waals surface area contributed by atoms with Crippen molar-refractivity contribution in [2.45, 2.75) is 44.7 Å². The molecule has 4 aromatic rings. The van der Waals surface area contributed by atoms with Crippen molar-refractivity contribution in [2.24, 2.45) is 0 Å². The van der Waals surface area contributed by atoms with Crippen molar-refractivity contribution >= 4 is 57.6 Å². The Kier molecular flexibility index (Phi) is 6.12. The number of aromatic nitrogens is 2. The van der Waals surface area contributed by atoms with Crippen LogP contribution in [0.25, 0.3) is 27.0 Å². The van der Waals surface area contributed by atoms with E-state index in [9.17, 15) is 9.59 Å². The summed E-state index contributed by atoms with van der Waals surface area (Å²) in [6.45, 7) is -0.0216. The number of carbonyl (C=O) groups is 1. The molecule has 1 amide bonds. The zero-order chi connectivity index (χ0) is 23.1. The quantitative estimate of drug-likeness (QED) is 0.317. The lowest BCUT2D eigenvalue weighted by Gasteiger charge is -2.31. The first-order valence-electron chi connectivity index (χ1n) is 11.1. The number of halogens is 1. The maximum atomic E-state index is 13.7. The van der Waals surface area contributed by atoms with Crippen LogP contribution in [-0.4, -0.2) is 32.9 Å². The number of rotatable bonds is 4. The second-order valence-corrected chi connectivity index (χ2v) is 10.6. The number of hydrogen-bond donors (Lipinski definition) is 0. The van der Waals surface area contributed by atoms with Crippen LogP contribution in [0.2, 0.25) is 5.02 Å². The van der Waals surface area contributed by atoms with E-state index >= 15 is 0 Å². The minimum Gasteiger partial charge on any atom is -0.341 e.